The van der Waals surface area contributed by atoms with Crippen molar-refractivity contribution < 1.29 is 25.9 Å². The summed E-state index contributed by atoms with van der Waals surface area (Å²) in [6, 6.07) is 2.43. The van der Waals surface area contributed by atoms with Gasteiger partial charge in [0, 0.05) is 5.56 Å². The molecule has 1 aromatic rings. The predicted octanol–water partition coefficient (Wildman–Crippen LogP) is -0.653. The first-order valence-electron chi connectivity index (χ1n) is 4.69. The summed E-state index contributed by atoms with van der Waals surface area (Å²) < 4.78 is 62.1. The molecule has 12 heteroatoms. The van der Waals surface area contributed by atoms with Crippen LogP contribution in [-0.4, -0.2) is 37.3 Å². The molecule has 0 unspecified atom stereocenters. The van der Waals surface area contributed by atoms with E-state index >= 15 is 0 Å². The van der Waals surface area contributed by atoms with Crippen molar-refractivity contribution in [2.24, 2.45) is 10.8 Å². The third-order valence-electron chi connectivity index (χ3n) is 1.94. The normalized spacial score (nSPS) is 12.5. The van der Waals surface area contributed by atoms with Crippen molar-refractivity contribution in [2.75, 3.05) is 0 Å². The van der Waals surface area contributed by atoms with E-state index in [0.29, 0.717) is 0 Å². The van der Waals surface area contributed by atoms with Crippen LogP contribution in [0.25, 0.3) is 0 Å². The monoisotopic (exact) mass is 339 g/mol. The quantitative estimate of drug-likeness (QED) is 0.242. The van der Waals surface area contributed by atoms with Gasteiger partial charge in [-0.1, -0.05) is 0 Å². The Kier molecular flexibility index (Phi) is 4.77. The molecule has 0 heterocycles. The molecule has 1 rings (SSSR count). The number of hydrazone groups is 1. The highest BCUT2D eigenvalue weighted by Gasteiger charge is 2.18. The fraction of sp³-hybridized carbons (Fsp3) is 0. The van der Waals surface area contributed by atoms with Gasteiger partial charge >= 0.3 is 0 Å². The molecule has 0 spiro atoms. The molecule has 0 aliphatic rings. The third-order valence-corrected chi connectivity index (χ3v) is 3.80. The Bertz CT molecular complexity index is 769. The Hall–Kier alpha value is -1.60. The Balaban J connectivity index is 3.42. The van der Waals surface area contributed by atoms with E-state index in [1.807, 2.05) is 0 Å². The van der Waals surface area contributed by atoms with Crippen molar-refractivity contribution in [1.29, 1.82) is 0 Å². The van der Waals surface area contributed by atoms with Crippen molar-refractivity contribution in [1.82, 2.24) is 5.43 Å². The van der Waals surface area contributed by atoms with Crippen LogP contribution in [0.2, 0.25) is 0 Å². The minimum absolute atomic E-state index is 0.208. The van der Waals surface area contributed by atoms with E-state index in [1.165, 1.54) is 0 Å². The standard InChI is InChI=1S/C8H9N3O6S3/c9-8(18)11-10-4-5-3-6(19(12,13)14)1-2-7(5)20(15,16)17/h1-4H,(H3,9,11,18)(H,12,13,14)(H,15,16,17). The lowest BCUT2D eigenvalue weighted by atomic mass is 10.2. The number of hydrogen-bond acceptors (Lipinski definition) is 6. The number of rotatable bonds is 4. The van der Waals surface area contributed by atoms with Crippen molar-refractivity contribution in [2.45, 2.75) is 9.79 Å². The average Bonchev–Trinajstić information content (AvgIpc) is 2.25. The fourth-order valence-corrected chi connectivity index (χ4v) is 2.41. The van der Waals surface area contributed by atoms with E-state index in [4.69, 9.17) is 14.8 Å². The van der Waals surface area contributed by atoms with Crippen LogP contribution in [0.4, 0.5) is 0 Å². The molecule has 9 nitrogen and oxygen atoms in total. The van der Waals surface area contributed by atoms with Gasteiger partial charge < -0.3 is 5.73 Å². The highest BCUT2D eigenvalue weighted by molar-refractivity contribution is 7.86. The third kappa shape index (κ3) is 4.50. The van der Waals surface area contributed by atoms with Gasteiger partial charge in [-0.2, -0.15) is 21.9 Å². The summed E-state index contributed by atoms with van der Waals surface area (Å²) in [5.74, 6) is 0. The van der Waals surface area contributed by atoms with Gasteiger partial charge in [-0.05, 0) is 30.4 Å². The van der Waals surface area contributed by atoms with Crippen molar-refractivity contribution in [3.05, 3.63) is 23.8 Å². The molecular formula is C8H9N3O6S3. The Morgan fingerprint density at radius 2 is 1.85 bits per heavy atom. The molecule has 0 aliphatic carbocycles. The van der Waals surface area contributed by atoms with Crippen LogP contribution >= 0.6 is 12.2 Å². The van der Waals surface area contributed by atoms with Crippen molar-refractivity contribution in [3.63, 3.8) is 0 Å². The first-order valence-corrected chi connectivity index (χ1v) is 7.98. The van der Waals surface area contributed by atoms with Gasteiger partial charge in [0.05, 0.1) is 11.1 Å². The largest absolute Gasteiger partial charge is 0.375 e. The zero-order valence-corrected chi connectivity index (χ0v) is 12.0. The lowest BCUT2D eigenvalue weighted by molar-refractivity contribution is 0.478. The maximum Gasteiger partial charge on any atom is 0.295 e. The van der Waals surface area contributed by atoms with Gasteiger partial charge in [-0.15, -0.1) is 0 Å². The second-order valence-corrected chi connectivity index (χ2v) is 6.64. The maximum absolute atomic E-state index is 11.1. The summed E-state index contributed by atoms with van der Waals surface area (Å²) in [6.45, 7) is 0. The van der Waals surface area contributed by atoms with E-state index < -0.39 is 30.0 Å². The number of nitrogens with one attached hydrogen (secondary N) is 1. The summed E-state index contributed by atoms with van der Waals surface area (Å²) in [5.41, 5.74) is 6.92. The summed E-state index contributed by atoms with van der Waals surface area (Å²) in [6.07, 6.45) is 0.872. The number of nitrogens with zero attached hydrogens (tertiary/aromatic N) is 1. The average molecular weight is 339 g/mol. The van der Waals surface area contributed by atoms with Gasteiger partial charge in [0.15, 0.2) is 5.11 Å². The van der Waals surface area contributed by atoms with Gasteiger partial charge in [0.1, 0.15) is 4.90 Å². The molecule has 1 aromatic carbocycles. The SMILES string of the molecule is NC(=S)NN=Cc1cc(S(=O)(=O)O)ccc1S(=O)(=O)O. The zero-order valence-electron chi connectivity index (χ0n) is 9.59. The maximum atomic E-state index is 11.1. The second kappa shape index (κ2) is 5.80. The van der Waals surface area contributed by atoms with E-state index in [9.17, 15) is 16.8 Å². The minimum Gasteiger partial charge on any atom is -0.375 e. The lowest BCUT2D eigenvalue weighted by Gasteiger charge is -2.05. The van der Waals surface area contributed by atoms with Crippen LogP contribution in [-0.2, 0) is 20.2 Å². The van der Waals surface area contributed by atoms with Crippen LogP contribution in [0.15, 0.2) is 33.1 Å². The molecule has 0 saturated heterocycles. The molecule has 20 heavy (non-hydrogen) atoms. The molecule has 110 valence electrons. The second-order valence-electron chi connectivity index (χ2n) is 3.38. The lowest BCUT2D eigenvalue weighted by Crippen LogP contribution is -2.24. The summed E-state index contributed by atoms with van der Waals surface area (Å²) in [7, 11) is -9.14. The molecule has 0 atom stereocenters. The zero-order chi connectivity index (χ0) is 15.6. The molecule has 0 aliphatic heterocycles. The van der Waals surface area contributed by atoms with E-state index in [-0.39, 0.29) is 10.7 Å². The van der Waals surface area contributed by atoms with Crippen molar-refractivity contribution in [3.8, 4) is 0 Å². The van der Waals surface area contributed by atoms with Crippen molar-refractivity contribution >= 4 is 43.8 Å². The summed E-state index contributed by atoms with van der Waals surface area (Å²) in [5, 5.41) is 3.24. The van der Waals surface area contributed by atoms with Gasteiger partial charge in [-0.3, -0.25) is 14.5 Å². The molecule has 0 saturated carbocycles. The Morgan fingerprint density at radius 3 is 2.30 bits per heavy atom. The smallest absolute Gasteiger partial charge is 0.295 e. The first-order chi connectivity index (χ1) is 9.01. The first kappa shape index (κ1) is 16.5. The van der Waals surface area contributed by atoms with Gasteiger partial charge in [0.25, 0.3) is 20.2 Å². The predicted molar refractivity (Wildman–Crippen MR) is 73.6 cm³/mol. The minimum atomic E-state index is -4.61. The van der Waals surface area contributed by atoms with Crippen LogP contribution in [0.3, 0.4) is 0 Å². The van der Waals surface area contributed by atoms with E-state index in [1.54, 1.807) is 0 Å². The molecule has 5 N–H and O–H groups in total. The summed E-state index contributed by atoms with van der Waals surface area (Å²) in [4.78, 5) is -1.17. The van der Waals surface area contributed by atoms with Crippen LogP contribution in [0, 0.1) is 0 Å². The topological polar surface area (TPSA) is 159 Å². The van der Waals surface area contributed by atoms with Crippen LogP contribution in [0.5, 0.6) is 0 Å². The number of nitrogens with two attached hydrogens (primary N) is 1. The molecule has 0 bridgehead atoms. The van der Waals surface area contributed by atoms with Crippen LogP contribution in [0.1, 0.15) is 5.56 Å². The highest BCUT2D eigenvalue weighted by atomic mass is 32.2. The molecule has 0 fully saturated rings. The van der Waals surface area contributed by atoms with Gasteiger partial charge in [-0.25, -0.2) is 0 Å². The fourth-order valence-electron chi connectivity index (χ4n) is 1.19. The molecule has 0 amide bonds. The molecular weight excluding hydrogens is 330 g/mol. The summed E-state index contributed by atoms with van der Waals surface area (Å²) >= 11 is 4.45. The van der Waals surface area contributed by atoms with E-state index in [2.05, 4.69) is 22.7 Å². The highest BCUT2D eigenvalue weighted by Crippen LogP contribution is 2.18. The molecule has 0 aromatic heterocycles. The number of hydrogen-bond donors (Lipinski definition) is 4. The molecule has 0 radical (unpaired) electrons. The van der Waals surface area contributed by atoms with Crippen LogP contribution < -0.4 is 11.2 Å². The van der Waals surface area contributed by atoms with E-state index in [0.717, 1.165) is 24.4 Å². The Labute approximate surface area is 120 Å². The number of benzene rings is 1. The van der Waals surface area contributed by atoms with Gasteiger partial charge in [0.2, 0.25) is 0 Å². The Morgan fingerprint density at radius 1 is 1.25 bits per heavy atom. The number of thiocarbonyl (C=S) groups is 1.